The van der Waals surface area contributed by atoms with E-state index in [0.29, 0.717) is 0 Å². The standard InChI is InChI=1S/C14H12F11N3O3/c1-3-4-29-7-26-8(30-5-11(17,18)10(2,15)16)28-9(27-7)31-6-12(19,20)13(21,22)14(23,24)25/h3H,1,4-6H2,2H3. The molecule has 0 atom stereocenters. The van der Waals surface area contributed by atoms with E-state index in [4.69, 9.17) is 4.74 Å². The van der Waals surface area contributed by atoms with E-state index < -0.39 is 67.7 Å². The van der Waals surface area contributed by atoms with Crippen LogP contribution in [-0.2, 0) is 0 Å². The Hall–Kier alpha value is -2.62. The number of ether oxygens (including phenoxy) is 3. The molecule has 0 amide bonds. The molecule has 0 saturated carbocycles. The molecule has 0 aromatic carbocycles. The molecule has 0 saturated heterocycles. The first-order valence-electron chi connectivity index (χ1n) is 7.67. The fourth-order valence-electron chi connectivity index (χ4n) is 1.38. The van der Waals surface area contributed by atoms with Gasteiger partial charge in [-0.1, -0.05) is 12.7 Å². The minimum Gasteiger partial charge on any atom is -0.459 e. The van der Waals surface area contributed by atoms with Gasteiger partial charge in [0.1, 0.15) is 6.61 Å². The Morgan fingerprint density at radius 3 is 1.45 bits per heavy atom. The van der Waals surface area contributed by atoms with Crippen molar-refractivity contribution in [3.63, 3.8) is 0 Å². The molecular weight excluding hydrogens is 467 g/mol. The maximum atomic E-state index is 13.3. The summed E-state index contributed by atoms with van der Waals surface area (Å²) >= 11 is 0. The van der Waals surface area contributed by atoms with Crippen LogP contribution >= 0.6 is 0 Å². The van der Waals surface area contributed by atoms with Crippen LogP contribution in [0.15, 0.2) is 12.7 Å². The number of rotatable bonds is 11. The Balaban J connectivity index is 3.09. The third kappa shape index (κ3) is 6.43. The van der Waals surface area contributed by atoms with Gasteiger partial charge in [-0.2, -0.15) is 39.5 Å². The summed E-state index contributed by atoms with van der Waals surface area (Å²) < 4.78 is 154. The van der Waals surface area contributed by atoms with Crippen LogP contribution in [-0.4, -0.2) is 64.6 Å². The average Bonchev–Trinajstić information content (AvgIpc) is 2.61. The third-order valence-electron chi connectivity index (χ3n) is 3.13. The van der Waals surface area contributed by atoms with Gasteiger partial charge in [-0.05, 0) is 0 Å². The van der Waals surface area contributed by atoms with E-state index in [2.05, 4.69) is 31.0 Å². The highest BCUT2D eigenvalue weighted by Crippen LogP contribution is 2.46. The van der Waals surface area contributed by atoms with E-state index in [9.17, 15) is 48.3 Å². The van der Waals surface area contributed by atoms with Crippen LogP contribution in [0.1, 0.15) is 6.92 Å². The highest BCUT2D eigenvalue weighted by Gasteiger charge is 2.73. The van der Waals surface area contributed by atoms with Gasteiger partial charge in [-0.25, -0.2) is 8.78 Å². The molecule has 0 radical (unpaired) electrons. The average molecular weight is 479 g/mol. The van der Waals surface area contributed by atoms with Crippen LogP contribution in [0.25, 0.3) is 0 Å². The normalized spacial score (nSPS) is 13.7. The molecule has 0 fully saturated rings. The van der Waals surface area contributed by atoms with Crippen LogP contribution in [0.5, 0.6) is 18.0 Å². The molecule has 178 valence electrons. The molecule has 31 heavy (non-hydrogen) atoms. The van der Waals surface area contributed by atoms with Gasteiger partial charge in [0.05, 0.1) is 0 Å². The summed E-state index contributed by atoms with van der Waals surface area (Å²) in [4.78, 5) is 9.29. The van der Waals surface area contributed by atoms with Crippen LogP contribution in [0.3, 0.4) is 0 Å². The zero-order chi connectivity index (χ0) is 24.3. The Bertz CT molecular complexity index is 766. The predicted octanol–water partition coefficient (Wildman–Crippen LogP) is 4.32. The van der Waals surface area contributed by atoms with Crippen molar-refractivity contribution in [2.24, 2.45) is 0 Å². The minimum atomic E-state index is -6.64. The molecule has 1 rings (SSSR count). The number of hydrogen-bond acceptors (Lipinski definition) is 6. The Labute approximate surface area is 166 Å². The first-order valence-corrected chi connectivity index (χ1v) is 7.67. The molecule has 0 N–H and O–H groups in total. The van der Waals surface area contributed by atoms with Crippen LogP contribution in [0.4, 0.5) is 48.3 Å². The lowest BCUT2D eigenvalue weighted by molar-refractivity contribution is -0.358. The lowest BCUT2D eigenvalue weighted by Crippen LogP contribution is -2.54. The summed E-state index contributed by atoms with van der Waals surface area (Å²) in [6.07, 6.45) is -5.56. The minimum absolute atomic E-state index is 0.139. The molecule has 1 aromatic rings. The molecule has 17 heteroatoms. The Morgan fingerprint density at radius 2 is 1.10 bits per heavy atom. The Kier molecular flexibility index (Phi) is 7.55. The smallest absolute Gasteiger partial charge is 0.459 e. The zero-order valence-electron chi connectivity index (χ0n) is 15.1. The molecule has 0 aliphatic carbocycles. The second kappa shape index (κ2) is 8.86. The summed E-state index contributed by atoms with van der Waals surface area (Å²) in [6.45, 7) is -1.99. The van der Waals surface area contributed by atoms with Gasteiger partial charge in [0.15, 0.2) is 13.2 Å². The van der Waals surface area contributed by atoms with Crippen molar-refractivity contribution in [1.82, 2.24) is 15.0 Å². The SMILES string of the molecule is C=CCOc1nc(OCC(F)(F)C(C)(F)F)nc(OCC(F)(F)C(F)(F)C(F)(F)F)n1. The third-order valence-corrected chi connectivity index (χ3v) is 3.13. The highest BCUT2D eigenvalue weighted by atomic mass is 19.4. The topological polar surface area (TPSA) is 66.4 Å². The van der Waals surface area contributed by atoms with E-state index in [1.165, 1.54) is 0 Å². The van der Waals surface area contributed by atoms with Gasteiger partial charge < -0.3 is 14.2 Å². The van der Waals surface area contributed by atoms with Crippen molar-refractivity contribution in [1.29, 1.82) is 0 Å². The van der Waals surface area contributed by atoms with E-state index in [-0.39, 0.29) is 6.92 Å². The zero-order valence-corrected chi connectivity index (χ0v) is 15.1. The second-order valence-electron chi connectivity index (χ2n) is 5.73. The molecule has 0 unspecified atom stereocenters. The number of aromatic nitrogens is 3. The molecular formula is C14H12F11N3O3. The van der Waals surface area contributed by atoms with Gasteiger partial charge in [-0.3, -0.25) is 0 Å². The number of hydrogen-bond donors (Lipinski definition) is 0. The predicted molar refractivity (Wildman–Crippen MR) is 78.0 cm³/mol. The van der Waals surface area contributed by atoms with Crippen molar-refractivity contribution in [2.45, 2.75) is 36.8 Å². The maximum Gasteiger partial charge on any atom is 0.460 e. The van der Waals surface area contributed by atoms with Crippen molar-refractivity contribution < 1.29 is 62.5 Å². The fourth-order valence-corrected chi connectivity index (χ4v) is 1.38. The molecule has 0 bridgehead atoms. The Morgan fingerprint density at radius 1 is 0.710 bits per heavy atom. The molecule has 0 aliphatic rings. The second-order valence-corrected chi connectivity index (χ2v) is 5.73. The van der Waals surface area contributed by atoms with Crippen LogP contribution in [0, 0.1) is 0 Å². The quantitative estimate of drug-likeness (QED) is 0.348. The van der Waals surface area contributed by atoms with Gasteiger partial charge in [0.25, 0.3) is 0 Å². The lowest BCUT2D eigenvalue weighted by atomic mass is 10.2. The summed E-state index contributed by atoms with van der Waals surface area (Å²) in [5.74, 6) is -21.6. The molecule has 0 aliphatic heterocycles. The maximum absolute atomic E-state index is 13.3. The van der Waals surface area contributed by atoms with E-state index >= 15 is 0 Å². The molecule has 1 heterocycles. The van der Waals surface area contributed by atoms with Crippen molar-refractivity contribution in [3.05, 3.63) is 12.7 Å². The molecule has 1 aromatic heterocycles. The van der Waals surface area contributed by atoms with E-state index in [1.807, 2.05) is 0 Å². The molecule has 0 spiro atoms. The monoisotopic (exact) mass is 479 g/mol. The van der Waals surface area contributed by atoms with Crippen LogP contribution in [0.2, 0.25) is 0 Å². The van der Waals surface area contributed by atoms with Gasteiger partial charge in [0.2, 0.25) is 0 Å². The largest absolute Gasteiger partial charge is 0.460 e. The number of nitrogens with zero attached hydrogens (tertiary/aromatic N) is 3. The van der Waals surface area contributed by atoms with Gasteiger partial charge in [0, 0.05) is 6.92 Å². The number of alkyl halides is 11. The van der Waals surface area contributed by atoms with Crippen molar-refractivity contribution >= 4 is 0 Å². The van der Waals surface area contributed by atoms with Crippen molar-refractivity contribution in [2.75, 3.05) is 19.8 Å². The summed E-state index contributed by atoms with van der Waals surface area (Å²) in [5, 5.41) is 0. The molecule has 6 nitrogen and oxygen atoms in total. The van der Waals surface area contributed by atoms with E-state index in [1.54, 1.807) is 0 Å². The number of halogens is 11. The summed E-state index contributed by atoms with van der Waals surface area (Å²) in [5.41, 5.74) is 0. The lowest BCUT2D eigenvalue weighted by Gasteiger charge is -2.27. The summed E-state index contributed by atoms with van der Waals surface area (Å²) in [6, 6.07) is -3.59. The first-order chi connectivity index (χ1) is 13.8. The summed E-state index contributed by atoms with van der Waals surface area (Å²) in [7, 11) is 0. The van der Waals surface area contributed by atoms with Gasteiger partial charge >= 0.3 is 47.9 Å². The first kappa shape index (κ1) is 26.4. The van der Waals surface area contributed by atoms with Crippen LogP contribution < -0.4 is 14.2 Å². The van der Waals surface area contributed by atoms with E-state index in [0.717, 1.165) is 6.08 Å². The van der Waals surface area contributed by atoms with Gasteiger partial charge in [-0.15, -0.1) is 15.0 Å². The highest BCUT2D eigenvalue weighted by molar-refractivity contribution is 5.10. The fraction of sp³-hybridized carbons (Fsp3) is 0.643. The van der Waals surface area contributed by atoms with Crippen molar-refractivity contribution in [3.8, 4) is 18.0 Å².